The van der Waals surface area contributed by atoms with Crippen LogP contribution >= 0.6 is 35.1 Å². The first-order valence-electron chi connectivity index (χ1n) is 9.19. The van der Waals surface area contributed by atoms with E-state index in [1.54, 1.807) is 25.3 Å². The van der Waals surface area contributed by atoms with Crippen LogP contribution in [0, 0.1) is 11.8 Å². The molecule has 1 saturated heterocycles. The molecule has 2 heterocycles. The predicted octanol–water partition coefficient (Wildman–Crippen LogP) is 5.14. The quantitative estimate of drug-likeness (QED) is 0.321. The van der Waals surface area contributed by atoms with Crippen molar-refractivity contribution in [1.29, 1.82) is 0 Å². The van der Waals surface area contributed by atoms with Gasteiger partial charge < -0.3 is 19.3 Å². The lowest BCUT2D eigenvalue weighted by Crippen LogP contribution is -2.64. The normalized spacial score (nSPS) is 14.8. The highest BCUT2D eigenvalue weighted by Crippen LogP contribution is 2.40. The average Bonchev–Trinajstić information content (AvgIpc) is 2.71. The zero-order chi connectivity index (χ0) is 22.3. The van der Waals surface area contributed by atoms with Crippen molar-refractivity contribution in [2.75, 3.05) is 56.8 Å². The fourth-order valence-corrected chi connectivity index (χ4v) is 4.05. The highest BCUT2D eigenvalue weighted by Gasteiger charge is 2.44. The van der Waals surface area contributed by atoms with E-state index < -0.39 is 11.8 Å². The number of methoxy groups -OCH3 is 1. The number of hydrogen-bond donors (Lipinski definition) is 1. The molecule has 0 aliphatic carbocycles. The molecule has 1 aliphatic rings. The van der Waals surface area contributed by atoms with Gasteiger partial charge in [-0.05, 0) is 56.7 Å². The molecule has 0 atom stereocenters. The van der Waals surface area contributed by atoms with Gasteiger partial charge in [0.2, 0.25) is 5.95 Å². The standard InChI is InChI=1S/C19H23ClF2N4OS.CH3Cl/c1-25(2)10-9-19(27-3)11-26(12-19)13-7-8-14(18(22)17(13)20)28-24-16-6-4-5-15(21)23-16;1-2/h4-8H,9-12H2,1-3H3,(H,23,24);1H3. The summed E-state index contributed by atoms with van der Waals surface area (Å²) in [6.07, 6.45) is 2.37. The van der Waals surface area contributed by atoms with Crippen LogP contribution in [0.3, 0.4) is 0 Å². The minimum absolute atomic E-state index is 0.0660. The van der Waals surface area contributed by atoms with E-state index in [1.165, 1.54) is 18.5 Å². The molecule has 166 valence electrons. The van der Waals surface area contributed by atoms with Gasteiger partial charge >= 0.3 is 0 Å². The Hall–Kier alpha value is -1.32. The number of alkyl halides is 1. The number of benzene rings is 1. The Morgan fingerprint density at radius 2 is 1.93 bits per heavy atom. The summed E-state index contributed by atoms with van der Waals surface area (Å²) in [5.41, 5.74) is 0.409. The molecule has 1 aromatic carbocycles. The fraction of sp³-hybridized carbons (Fsp3) is 0.450. The minimum atomic E-state index is -0.604. The minimum Gasteiger partial charge on any atom is -0.374 e. The van der Waals surface area contributed by atoms with Crippen molar-refractivity contribution in [2.45, 2.75) is 16.9 Å². The Labute approximate surface area is 190 Å². The van der Waals surface area contributed by atoms with Crippen molar-refractivity contribution in [1.82, 2.24) is 9.88 Å². The maximum Gasteiger partial charge on any atom is 0.214 e. The molecule has 0 bridgehead atoms. The molecule has 0 unspecified atom stereocenters. The molecule has 3 rings (SSSR count). The van der Waals surface area contributed by atoms with E-state index in [4.69, 9.17) is 16.3 Å². The van der Waals surface area contributed by atoms with Crippen molar-refractivity contribution >= 4 is 46.7 Å². The van der Waals surface area contributed by atoms with Crippen LogP contribution in [0.1, 0.15) is 6.42 Å². The molecule has 1 aliphatic heterocycles. The van der Waals surface area contributed by atoms with Crippen molar-refractivity contribution in [2.24, 2.45) is 0 Å². The van der Waals surface area contributed by atoms with E-state index >= 15 is 0 Å². The first kappa shape index (κ1) is 24.9. The zero-order valence-electron chi connectivity index (χ0n) is 17.4. The van der Waals surface area contributed by atoms with Crippen molar-refractivity contribution in [3.05, 3.63) is 47.1 Å². The van der Waals surface area contributed by atoms with Crippen LogP contribution in [-0.2, 0) is 4.74 Å². The first-order valence-corrected chi connectivity index (χ1v) is 11.1. The van der Waals surface area contributed by atoms with E-state index in [1.807, 2.05) is 19.0 Å². The number of pyridine rings is 1. The Morgan fingerprint density at radius 3 is 2.53 bits per heavy atom. The molecule has 30 heavy (non-hydrogen) atoms. The van der Waals surface area contributed by atoms with E-state index in [0.29, 0.717) is 29.5 Å². The first-order chi connectivity index (χ1) is 14.3. The van der Waals surface area contributed by atoms with Gasteiger partial charge in [-0.1, -0.05) is 17.7 Å². The summed E-state index contributed by atoms with van der Waals surface area (Å²) >= 11 is 11.9. The highest BCUT2D eigenvalue weighted by molar-refractivity contribution is 8.00. The number of hydrogen-bond acceptors (Lipinski definition) is 6. The molecule has 0 amide bonds. The number of nitrogens with one attached hydrogen (secondary N) is 1. The third kappa shape index (κ3) is 6.11. The molecular weight excluding hydrogens is 453 g/mol. The summed E-state index contributed by atoms with van der Waals surface area (Å²) in [7, 11) is 5.76. The number of ether oxygens (including phenoxy) is 1. The Balaban J connectivity index is 0.00000155. The fourth-order valence-electron chi connectivity index (χ4n) is 3.05. The Morgan fingerprint density at radius 1 is 1.23 bits per heavy atom. The number of halogens is 4. The second-order valence-corrected chi connectivity index (χ2v) is 8.28. The second-order valence-electron chi connectivity index (χ2n) is 7.06. The summed E-state index contributed by atoms with van der Waals surface area (Å²) in [6.45, 7) is 2.24. The molecular formula is C20H26Cl2F2N4OS. The maximum absolute atomic E-state index is 14.7. The van der Waals surface area contributed by atoms with Gasteiger partial charge in [0.25, 0.3) is 0 Å². The van der Waals surface area contributed by atoms with Gasteiger partial charge in [-0.2, -0.15) is 4.39 Å². The Bertz CT molecular complexity index is 838. The molecule has 1 aromatic heterocycles. The topological polar surface area (TPSA) is 40.6 Å². The van der Waals surface area contributed by atoms with Gasteiger partial charge in [0.05, 0.1) is 10.6 Å². The molecule has 1 N–H and O–H groups in total. The summed E-state index contributed by atoms with van der Waals surface area (Å²) in [5, 5.41) is 0.0660. The molecule has 1 fully saturated rings. The summed E-state index contributed by atoms with van der Waals surface area (Å²) in [6, 6.07) is 7.82. The number of anilines is 2. The predicted molar refractivity (Wildman–Crippen MR) is 122 cm³/mol. The number of rotatable bonds is 8. The van der Waals surface area contributed by atoms with Crippen LogP contribution in [0.25, 0.3) is 0 Å². The summed E-state index contributed by atoms with van der Waals surface area (Å²) in [5.74, 6) is -0.817. The molecule has 0 radical (unpaired) electrons. The van der Waals surface area contributed by atoms with Crippen LogP contribution in [0.15, 0.2) is 35.2 Å². The lowest BCUT2D eigenvalue weighted by molar-refractivity contribution is -0.0430. The third-order valence-corrected chi connectivity index (χ3v) is 5.96. The van der Waals surface area contributed by atoms with Gasteiger partial charge in [0.15, 0.2) is 5.82 Å². The van der Waals surface area contributed by atoms with Gasteiger partial charge in [-0.15, -0.1) is 11.6 Å². The lowest BCUT2D eigenvalue weighted by Gasteiger charge is -2.51. The van der Waals surface area contributed by atoms with Crippen LogP contribution in [0.4, 0.5) is 20.3 Å². The van der Waals surface area contributed by atoms with Crippen LogP contribution in [0.2, 0.25) is 5.02 Å². The molecule has 10 heteroatoms. The average molecular weight is 479 g/mol. The van der Waals surface area contributed by atoms with Gasteiger partial charge in [-0.25, -0.2) is 9.37 Å². The van der Waals surface area contributed by atoms with Gasteiger partial charge in [0, 0.05) is 33.1 Å². The molecule has 0 saturated carbocycles. The number of aromatic nitrogens is 1. The van der Waals surface area contributed by atoms with Crippen molar-refractivity contribution < 1.29 is 13.5 Å². The highest BCUT2D eigenvalue weighted by atomic mass is 35.5. The summed E-state index contributed by atoms with van der Waals surface area (Å²) < 4.78 is 36.4. The van der Waals surface area contributed by atoms with Crippen molar-refractivity contribution in [3.63, 3.8) is 0 Å². The monoisotopic (exact) mass is 478 g/mol. The van der Waals surface area contributed by atoms with Crippen LogP contribution in [-0.4, -0.2) is 62.7 Å². The molecule has 0 spiro atoms. The largest absolute Gasteiger partial charge is 0.374 e. The molecule has 5 nitrogen and oxygen atoms in total. The second kappa shape index (κ2) is 11.3. The zero-order valence-corrected chi connectivity index (χ0v) is 19.7. The maximum atomic E-state index is 14.7. The van der Waals surface area contributed by atoms with E-state index in [2.05, 4.69) is 26.2 Å². The van der Waals surface area contributed by atoms with Crippen LogP contribution < -0.4 is 9.62 Å². The van der Waals surface area contributed by atoms with Crippen LogP contribution in [0.5, 0.6) is 0 Å². The van der Waals surface area contributed by atoms with Crippen molar-refractivity contribution in [3.8, 4) is 0 Å². The van der Waals surface area contributed by atoms with Gasteiger partial charge in [-0.3, -0.25) is 0 Å². The third-order valence-electron chi connectivity index (χ3n) is 4.75. The van der Waals surface area contributed by atoms with E-state index in [0.717, 1.165) is 24.9 Å². The Kier molecular flexibility index (Phi) is 9.43. The van der Waals surface area contributed by atoms with Gasteiger partial charge in [0.1, 0.15) is 16.4 Å². The smallest absolute Gasteiger partial charge is 0.214 e. The SMILES string of the molecule is CCl.COC1(CCN(C)C)CN(c2ccc(SNc3cccc(F)n3)c(F)c2Cl)C1. The van der Waals surface area contributed by atoms with E-state index in [9.17, 15) is 8.78 Å². The van der Waals surface area contributed by atoms with E-state index in [-0.39, 0.29) is 10.6 Å². The summed E-state index contributed by atoms with van der Waals surface area (Å²) in [4.78, 5) is 8.12. The molecule has 2 aromatic rings. The lowest BCUT2D eigenvalue weighted by atomic mass is 9.89. The number of nitrogens with zero attached hydrogens (tertiary/aromatic N) is 3.